The van der Waals surface area contributed by atoms with Gasteiger partial charge in [-0.25, -0.2) is 0 Å². The monoisotopic (exact) mass is 234 g/mol. The van der Waals surface area contributed by atoms with E-state index >= 15 is 0 Å². The lowest BCUT2D eigenvalue weighted by Gasteiger charge is -2.24. The van der Waals surface area contributed by atoms with E-state index in [2.05, 4.69) is 51.2 Å². The zero-order chi connectivity index (χ0) is 12.9. The summed E-state index contributed by atoms with van der Waals surface area (Å²) in [6, 6.07) is 6.63. The highest BCUT2D eigenvalue weighted by atomic mass is 14.9. The van der Waals surface area contributed by atoms with Crippen molar-refractivity contribution in [2.24, 2.45) is 11.1 Å². The molecule has 1 rings (SSSR count). The molecule has 0 aromatic heterocycles. The minimum Gasteiger partial charge on any atom is -0.330 e. The Labute approximate surface area is 106 Å². The number of aryl methyl sites for hydroxylation is 2. The van der Waals surface area contributed by atoms with E-state index in [1.54, 1.807) is 0 Å². The predicted octanol–water partition coefficient (Wildman–Crippen LogP) is 2.77. The van der Waals surface area contributed by atoms with Crippen LogP contribution in [-0.2, 0) is 6.54 Å². The van der Waals surface area contributed by atoms with Crippen LogP contribution in [0.4, 0.5) is 0 Å². The Kier molecular flexibility index (Phi) is 5.16. The summed E-state index contributed by atoms with van der Waals surface area (Å²) in [6.07, 6.45) is 1.06. The molecule has 0 bridgehead atoms. The molecule has 1 aromatic carbocycles. The Morgan fingerprint density at radius 1 is 1.24 bits per heavy atom. The minimum absolute atomic E-state index is 0.285. The summed E-state index contributed by atoms with van der Waals surface area (Å²) in [6.45, 7) is 11.5. The number of hydrogen-bond acceptors (Lipinski definition) is 2. The summed E-state index contributed by atoms with van der Waals surface area (Å²) < 4.78 is 0. The van der Waals surface area contributed by atoms with Gasteiger partial charge >= 0.3 is 0 Å². The van der Waals surface area contributed by atoms with Gasteiger partial charge in [-0.05, 0) is 43.4 Å². The lowest BCUT2D eigenvalue weighted by Crippen LogP contribution is -2.31. The molecule has 0 unspecified atom stereocenters. The lowest BCUT2D eigenvalue weighted by molar-refractivity contribution is 0.319. The molecular formula is C15H26N2. The van der Waals surface area contributed by atoms with Crippen LogP contribution in [0, 0.1) is 19.3 Å². The quantitative estimate of drug-likeness (QED) is 0.794. The van der Waals surface area contributed by atoms with Gasteiger partial charge in [-0.15, -0.1) is 0 Å². The van der Waals surface area contributed by atoms with Gasteiger partial charge in [0.15, 0.2) is 0 Å². The molecular weight excluding hydrogens is 208 g/mol. The van der Waals surface area contributed by atoms with Crippen LogP contribution < -0.4 is 11.1 Å². The summed E-state index contributed by atoms with van der Waals surface area (Å²) in [5, 5.41) is 3.53. The fraction of sp³-hybridized carbons (Fsp3) is 0.600. The average Bonchev–Trinajstić information content (AvgIpc) is 2.21. The topological polar surface area (TPSA) is 38.0 Å². The third kappa shape index (κ3) is 4.88. The molecule has 0 radical (unpaired) electrons. The molecule has 96 valence electrons. The van der Waals surface area contributed by atoms with E-state index in [9.17, 15) is 0 Å². The van der Waals surface area contributed by atoms with Gasteiger partial charge in [-0.3, -0.25) is 0 Å². The Balaban J connectivity index is 2.46. The third-order valence-electron chi connectivity index (χ3n) is 3.24. The number of nitrogens with one attached hydrogen (secondary N) is 1. The molecule has 0 aliphatic heterocycles. The second-order valence-corrected chi connectivity index (χ2v) is 5.74. The molecule has 17 heavy (non-hydrogen) atoms. The first-order valence-corrected chi connectivity index (χ1v) is 6.41. The summed E-state index contributed by atoms with van der Waals surface area (Å²) in [7, 11) is 0. The van der Waals surface area contributed by atoms with E-state index in [-0.39, 0.29) is 5.41 Å². The van der Waals surface area contributed by atoms with Gasteiger partial charge in [0.25, 0.3) is 0 Å². The van der Waals surface area contributed by atoms with Crippen molar-refractivity contribution >= 4 is 0 Å². The van der Waals surface area contributed by atoms with E-state index in [4.69, 9.17) is 5.73 Å². The van der Waals surface area contributed by atoms with Gasteiger partial charge in [0.2, 0.25) is 0 Å². The van der Waals surface area contributed by atoms with Crippen LogP contribution in [0.15, 0.2) is 18.2 Å². The van der Waals surface area contributed by atoms with Gasteiger partial charge in [0.1, 0.15) is 0 Å². The summed E-state index contributed by atoms with van der Waals surface area (Å²) in [5.41, 5.74) is 9.98. The highest BCUT2D eigenvalue weighted by Crippen LogP contribution is 2.18. The van der Waals surface area contributed by atoms with Gasteiger partial charge in [0.05, 0.1) is 0 Å². The SMILES string of the molecule is Cc1ccc(CNCC(C)(C)CCN)c(C)c1. The number of benzene rings is 1. The molecule has 2 heteroatoms. The molecule has 0 fully saturated rings. The van der Waals surface area contributed by atoms with Crippen LogP contribution in [0.25, 0.3) is 0 Å². The Bertz CT molecular complexity index is 356. The molecule has 0 amide bonds. The molecule has 0 saturated carbocycles. The number of hydrogen-bond donors (Lipinski definition) is 2. The van der Waals surface area contributed by atoms with E-state index in [1.165, 1.54) is 16.7 Å². The van der Waals surface area contributed by atoms with E-state index in [0.717, 1.165) is 26.1 Å². The summed E-state index contributed by atoms with van der Waals surface area (Å²) in [5.74, 6) is 0. The Hall–Kier alpha value is -0.860. The standard InChI is InChI=1S/C15H26N2/c1-12-5-6-14(13(2)9-12)10-17-11-15(3,4)7-8-16/h5-6,9,17H,7-8,10-11,16H2,1-4H3. The summed E-state index contributed by atoms with van der Waals surface area (Å²) in [4.78, 5) is 0. The fourth-order valence-corrected chi connectivity index (χ4v) is 2.06. The first-order valence-electron chi connectivity index (χ1n) is 6.41. The largest absolute Gasteiger partial charge is 0.330 e. The van der Waals surface area contributed by atoms with Crippen molar-refractivity contribution in [3.63, 3.8) is 0 Å². The zero-order valence-electron chi connectivity index (χ0n) is 11.6. The van der Waals surface area contributed by atoms with E-state index in [0.29, 0.717) is 0 Å². The smallest absolute Gasteiger partial charge is 0.0208 e. The van der Waals surface area contributed by atoms with Crippen molar-refractivity contribution in [3.8, 4) is 0 Å². The van der Waals surface area contributed by atoms with Crippen LogP contribution in [0.1, 0.15) is 37.0 Å². The van der Waals surface area contributed by atoms with Crippen molar-refractivity contribution in [2.45, 2.75) is 40.7 Å². The zero-order valence-corrected chi connectivity index (χ0v) is 11.6. The second-order valence-electron chi connectivity index (χ2n) is 5.74. The van der Waals surface area contributed by atoms with Crippen LogP contribution >= 0.6 is 0 Å². The van der Waals surface area contributed by atoms with Gasteiger partial charge in [0, 0.05) is 13.1 Å². The highest BCUT2D eigenvalue weighted by Gasteiger charge is 2.15. The maximum Gasteiger partial charge on any atom is 0.0208 e. The predicted molar refractivity (Wildman–Crippen MR) is 75.1 cm³/mol. The van der Waals surface area contributed by atoms with Crippen LogP contribution in [0.3, 0.4) is 0 Å². The number of rotatable bonds is 6. The van der Waals surface area contributed by atoms with Crippen LogP contribution in [0.5, 0.6) is 0 Å². The maximum absolute atomic E-state index is 5.61. The first-order chi connectivity index (χ1) is 7.94. The minimum atomic E-state index is 0.285. The molecule has 0 aliphatic carbocycles. The molecule has 0 saturated heterocycles. The summed E-state index contributed by atoms with van der Waals surface area (Å²) >= 11 is 0. The molecule has 0 spiro atoms. The highest BCUT2D eigenvalue weighted by molar-refractivity contribution is 5.30. The van der Waals surface area contributed by atoms with Crippen molar-refractivity contribution in [3.05, 3.63) is 34.9 Å². The van der Waals surface area contributed by atoms with Crippen LogP contribution in [0.2, 0.25) is 0 Å². The molecule has 3 N–H and O–H groups in total. The van der Waals surface area contributed by atoms with Crippen molar-refractivity contribution < 1.29 is 0 Å². The molecule has 0 atom stereocenters. The first kappa shape index (κ1) is 14.2. The molecule has 1 aromatic rings. The van der Waals surface area contributed by atoms with Crippen molar-refractivity contribution in [1.82, 2.24) is 5.32 Å². The van der Waals surface area contributed by atoms with Gasteiger partial charge in [-0.2, -0.15) is 0 Å². The number of nitrogens with two attached hydrogens (primary N) is 1. The normalized spacial score (nSPS) is 11.8. The molecule has 0 aliphatic rings. The third-order valence-corrected chi connectivity index (χ3v) is 3.24. The average molecular weight is 234 g/mol. The van der Waals surface area contributed by atoms with Gasteiger partial charge < -0.3 is 11.1 Å². The Morgan fingerprint density at radius 2 is 1.94 bits per heavy atom. The van der Waals surface area contributed by atoms with Crippen molar-refractivity contribution in [2.75, 3.05) is 13.1 Å². The maximum atomic E-state index is 5.61. The van der Waals surface area contributed by atoms with Crippen molar-refractivity contribution in [1.29, 1.82) is 0 Å². The van der Waals surface area contributed by atoms with E-state index in [1.807, 2.05) is 0 Å². The van der Waals surface area contributed by atoms with E-state index < -0.39 is 0 Å². The molecule has 2 nitrogen and oxygen atoms in total. The van der Waals surface area contributed by atoms with Crippen LogP contribution in [-0.4, -0.2) is 13.1 Å². The molecule has 0 heterocycles. The lowest BCUT2D eigenvalue weighted by atomic mass is 9.89. The fourth-order valence-electron chi connectivity index (χ4n) is 2.06. The Morgan fingerprint density at radius 3 is 2.53 bits per heavy atom. The second kappa shape index (κ2) is 6.18. The van der Waals surface area contributed by atoms with Gasteiger partial charge in [-0.1, -0.05) is 37.6 Å².